The van der Waals surface area contributed by atoms with Gasteiger partial charge >= 0.3 is 0 Å². The maximum Gasteiger partial charge on any atom is 0.179 e. The number of para-hydroxylation sites is 3. The van der Waals surface area contributed by atoms with Crippen LogP contribution in [0.1, 0.15) is 0 Å². The Morgan fingerprint density at radius 3 is 1.39 bits per heavy atom. The van der Waals surface area contributed by atoms with Gasteiger partial charge in [-0.15, -0.1) is 0 Å². The Labute approximate surface area is 371 Å². The average molecular weight is 833 g/mol. The van der Waals surface area contributed by atoms with Crippen LogP contribution in [0, 0.1) is 0 Å². The largest absolute Gasteiger partial charge is 0.456 e. The number of nitrogens with zero attached hydrogens (tertiary/aromatic N) is 2. The third-order valence-corrected chi connectivity index (χ3v) is 18.2. The van der Waals surface area contributed by atoms with Crippen LogP contribution in [0.4, 0.5) is 0 Å². The quantitative estimate of drug-likeness (QED) is 0.116. The van der Waals surface area contributed by atoms with Crippen molar-refractivity contribution in [3.63, 3.8) is 0 Å². The summed E-state index contributed by atoms with van der Waals surface area (Å²) in [7, 11) is -2.75. The third kappa shape index (κ3) is 5.46. The summed E-state index contributed by atoms with van der Waals surface area (Å²) in [4.78, 5) is 0. The van der Waals surface area contributed by atoms with Gasteiger partial charge in [0.25, 0.3) is 0 Å². The number of fused-ring (bicyclic) bond motifs is 9. The molecule has 0 spiro atoms. The Bertz CT molecular complexity index is 3790. The lowest BCUT2D eigenvalue weighted by Gasteiger charge is -2.34. The van der Waals surface area contributed by atoms with E-state index >= 15 is 0 Å². The lowest BCUT2D eigenvalue weighted by Crippen LogP contribution is -2.74. The van der Waals surface area contributed by atoms with Crippen LogP contribution in [0.15, 0.2) is 247 Å². The molecule has 0 aliphatic rings. The summed E-state index contributed by atoms with van der Waals surface area (Å²) in [6, 6.07) is 89.4. The van der Waals surface area contributed by atoms with E-state index in [0.29, 0.717) is 0 Å². The van der Waals surface area contributed by atoms with E-state index in [0.717, 1.165) is 38.9 Å². The molecule has 3 nitrogen and oxygen atoms in total. The summed E-state index contributed by atoms with van der Waals surface area (Å²) in [5, 5.41) is 12.7. The highest BCUT2D eigenvalue weighted by Gasteiger charge is 2.41. The highest BCUT2D eigenvalue weighted by molar-refractivity contribution is 7.20. The van der Waals surface area contributed by atoms with Gasteiger partial charge in [0.15, 0.2) is 8.07 Å². The van der Waals surface area contributed by atoms with E-state index in [2.05, 4.69) is 240 Å². The summed E-state index contributed by atoms with van der Waals surface area (Å²) in [5.41, 5.74) is 11.1. The Kier molecular flexibility index (Phi) is 8.23. The molecular formula is C60H40N2OSi. The first-order valence-electron chi connectivity index (χ1n) is 22.0. The zero-order chi connectivity index (χ0) is 42.2. The van der Waals surface area contributed by atoms with Crippen LogP contribution in [0.3, 0.4) is 0 Å². The predicted molar refractivity (Wildman–Crippen MR) is 271 cm³/mol. The molecule has 0 aliphatic carbocycles. The average Bonchev–Trinajstić information content (AvgIpc) is 4.02. The molecule has 0 atom stereocenters. The van der Waals surface area contributed by atoms with Crippen molar-refractivity contribution in [3.05, 3.63) is 243 Å². The Morgan fingerprint density at radius 1 is 0.266 bits per heavy atom. The van der Waals surface area contributed by atoms with E-state index < -0.39 is 8.07 Å². The van der Waals surface area contributed by atoms with Crippen LogP contribution < -0.4 is 20.7 Å². The summed E-state index contributed by atoms with van der Waals surface area (Å²) < 4.78 is 11.1. The highest BCUT2D eigenvalue weighted by Crippen LogP contribution is 2.39. The van der Waals surface area contributed by atoms with Crippen LogP contribution in [0.2, 0.25) is 0 Å². The molecule has 3 heterocycles. The Morgan fingerprint density at radius 2 is 0.719 bits per heavy atom. The number of rotatable bonds is 7. The molecule has 4 heteroatoms. The number of hydrogen-bond acceptors (Lipinski definition) is 1. The molecular weight excluding hydrogens is 793 g/mol. The molecule has 0 fully saturated rings. The molecule has 0 saturated heterocycles. The zero-order valence-corrected chi connectivity index (χ0v) is 35.9. The van der Waals surface area contributed by atoms with Gasteiger partial charge in [0, 0.05) is 43.7 Å². The molecule has 0 unspecified atom stereocenters. The van der Waals surface area contributed by atoms with Crippen LogP contribution in [0.25, 0.3) is 88.1 Å². The van der Waals surface area contributed by atoms with Gasteiger partial charge in [-0.05, 0) is 105 Å². The Hall–Kier alpha value is -8.18. The summed E-state index contributed by atoms with van der Waals surface area (Å²) in [6.07, 6.45) is 0. The van der Waals surface area contributed by atoms with Gasteiger partial charge in [0.05, 0.1) is 22.1 Å². The van der Waals surface area contributed by atoms with Crippen molar-refractivity contribution in [2.24, 2.45) is 0 Å². The zero-order valence-electron chi connectivity index (χ0n) is 34.9. The third-order valence-electron chi connectivity index (χ3n) is 13.5. The van der Waals surface area contributed by atoms with E-state index in [-0.39, 0.29) is 0 Å². The van der Waals surface area contributed by atoms with Gasteiger partial charge in [0.2, 0.25) is 0 Å². The fourth-order valence-electron chi connectivity index (χ4n) is 10.6. The lowest BCUT2D eigenvalue weighted by molar-refractivity contribution is 0.669. The number of furan rings is 1. The summed E-state index contributed by atoms with van der Waals surface area (Å²) in [6.45, 7) is 0. The molecule has 0 amide bonds. The predicted octanol–water partition coefficient (Wildman–Crippen LogP) is 12.8. The van der Waals surface area contributed by atoms with Crippen LogP contribution in [-0.4, -0.2) is 17.2 Å². The van der Waals surface area contributed by atoms with Gasteiger partial charge in [-0.1, -0.05) is 170 Å². The van der Waals surface area contributed by atoms with Crippen molar-refractivity contribution in [2.75, 3.05) is 0 Å². The monoisotopic (exact) mass is 832 g/mol. The Balaban J connectivity index is 1.04. The van der Waals surface area contributed by atoms with Gasteiger partial charge in [0.1, 0.15) is 11.2 Å². The molecule has 13 aromatic rings. The first kappa shape index (κ1) is 36.5. The fourth-order valence-corrected chi connectivity index (χ4v) is 15.4. The first-order chi connectivity index (χ1) is 31.7. The minimum atomic E-state index is -2.75. The van der Waals surface area contributed by atoms with E-state index in [1.807, 2.05) is 12.1 Å². The maximum atomic E-state index is 6.21. The maximum absolute atomic E-state index is 6.21. The van der Waals surface area contributed by atoms with E-state index in [1.165, 1.54) is 69.9 Å². The van der Waals surface area contributed by atoms with Crippen molar-refractivity contribution in [3.8, 4) is 22.5 Å². The molecule has 10 aromatic carbocycles. The SMILES string of the molecule is c1ccc(-n2c3ccc(-c4ccc5oc6ccccc6c5c4)cc3c3cc(-n4c5ccccc5c5cc([Si](c6ccccc6)(c6ccccc6)c6ccccc6)ccc54)ccc32)cc1. The summed E-state index contributed by atoms with van der Waals surface area (Å²) >= 11 is 0. The molecule has 3 aromatic heterocycles. The smallest absolute Gasteiger partial charge is 0.179 e. The van der Waals surface area contributed by atoms with E-state index in [4.69, 9.17) is 4.42 Å². The van der Waals surface area contributed by atoms with Gasteiger partial charge in [-0.25, -0.2) is 0 Å². The molecule has 0 saturated carbocycles. The van der Waals surface area contributed by atoms with E-state index in [1.54, 1.807) is 0 Å². The van der Waals surface area contributed by atoms with E-state index in [9.17, 15) is 0 Å². The minimum Gasteiger partial charge on any atom is -0.456 e. The lowest BCUT2D eigenvalue weighted by atomic mass is 10.0. The number of aromatic nitrogens is 2. The van der Waals surface area contributed by atoms with Crippen molar-refractivity contribution in [2.45, 2.75) is 0 Å². The second-order valence-corrected chi connectivity index (χ2v) is 20.7. The second kappa shape index (κ2) is 14.5. The molecule has 0 radical (unpaired) electrons. The summed E-state index contributed by atoms with van der Waals surface area (Å²) in [5.74, 6) is 0. The first-order valence-corrected chi connectivity index (χ1v) is 24.0. The van der Waals surface area contributed by atoms with Gasteiger partial charge < -0.3 is 13.6 Å². The normalized spacial score (nSPS) is 12.1. The molecule has 0 N–H and O–H groups in total. The van der Waals surface area contributed by atoms with Crippen LogP contribution >= 0.6 is 0 Å². The second-order valence-electron chi connectivity index (χ2n) is 16.8. The standard InChI is InChI=1S/C60H40N2OSi/c1-5-17-43(18-6-1)61-56-33-29-41(42-30-36-60-54(38-42)50-26-14-16-28-59(50)63-60)37-51(56)52-39-44(31-34-57(52)61)62-55-27-15-13-25-49(55)53-40-48(32-35-58(53)62)64(45-19-7-2-8-20-45,46-21-9-3-10-22-46)47-23-11-4-12-24-47/h1-40H. The van der Waals surface area contributed by atoms with Crippen molar-refractivity contribution < 1.29 is 4.42 Å². The van der Waals surface area contributed by atoms with Crippen LogP contribution in [0.5, 0.6) is 0 Å². The van der Waals surface area contributed by atoms with Crippen molar-refractivity contribution >= 4 is 94.4 Å². The van der Waals surface area contributed by atoms with Crippen molar-refractivity contribution in [1.82, 2.24) is 9.13 Å². The molecule has 300 valence electrons. The van der Waals surface area contributed by atoms with Crippen molar-refractivity contribution in [1.29, 1.82) is 0 Å². The highest BCUT2D eigenvalue weighted by atomic mass is 28.3. The number of hydrogen-bond donors (Lipinski definition) is 0. The number of benzene rings is 10. The van der Waals surface area contributed by atoms with Crippen LogP contribution in [-0.2, 0) is 0 Å². The topological polar surface area (TPSA) is 23.0 Å². The molecule has 0 aliphatic heterocycles. The van der Waals surface area contributed by atoms with Gasteiger partial charge in [-0.2, -0.15) is 0 Å². The molecule has 13 rings (SSSR count). The minimum absolute atomic E-state index is 0.905. The van der Waals surface area contributed by atoms with Gasteiger partial charge in [-0.3, -0.25) is 0 Å². The molecule has 0 bridgehead atoms. The fraction of sp³-hybridized carbons (Fsp3) is 0. The molecule has 64 heavy (non-hydrogen) atoms.